The van der Waals surface area contributed by atoms with Gasteiger partial charge in [0.05, 0.1) is 17.6 Å². The fourth-order valence-electron chi connectivity index (χ4n) is 1.74. The van der Waals surface area contributed by atoms with Gasteiger partial charge in [-0.3, -0.25) is 4.79 Å². The van der Waals surface area contributed by atoms with Crippen molar-refractivity contribution >= 4 is 5.69 Å². The lowest BCUT2D eigenvalue weighted by Crippen LogP contribution is -2.20. The highest BCUT2D eigenvalue weighted by atomic mass is 16.1. The number of rotatable bonds is 3. The van der Waals surface area contributed by atoms with Gasteiger partial charge in [-0.05, 0) is 23.6 Å². The summed E-state index contributed by atoms with van der Waals surface area (Å²) in [5, 5.41) is 7.03. The number of hydrogen-bond acceptors (Lipinski definition) is 3. The third-order valence-corrected chi connectivity index (χ3v) is 2.89. The van der Waals surface area contributed by atoms with Crippen LogP contribution >= 0.6 is 0 Å². The summed E-state index contributed by atoms with van der Waals surface area (Å²) in [6.07, 6.45) is 1.64. The predicted octanol–water partition coefficient (Wildman–Crippen LogP) is 2.40. The summed E-state index contributed by atoms with van der Waals surface area (Å²) >= 11 is 0. The molecule has 1 aromatic heterocycles. The lowest BCUT2D eigenvalue weighted by Gasteiger charge is -2.08. The Bertz CT molecular complexity index is 585. The summed E-state index contributed by atoms with van der Waals surface area (Å²) in [7, 11) is 1.76. The molecule has 1 N–H and O–H groups in total. The van der Waals surface area contributed by atoms with Gasteiger partial charge in [0.25, 0.3) is 5.56 Å². The summed E-state index contributed by atoms with van der Waals surface area (Å²) in [4.78, 5) is 11.9. The van der Waals surface area contributed by atoms with Gasteiger partial charge in [-0.1, -0.05) is 26.0 Å². The van der Waals surface area contributed by atoms with Gasteiger partial charge in [-0.2, -0.15) is 9.78 Å². The molecule has 0 unspecified atom stereocenters. The van der Waals surface area contributed by atoms with Crippen LogP contribution in [0.1, 0.15) is 25.3 Å². The van der Waals surface area contributed by atoms with Gasteiger partial charge in [0.2, 0.25) is 0 Å². The maximum absolute atomic E-state index is 11.9. The van der Waals surface area contributed by atoms with E-state index in [0.717, 1.165) is 11.4 Å². The first-order valence-electron chi connectivity index (χ1n) is 5.99. The van der Waals surface area contributed by atoms with Gasteiger partial charge >= 0.3 is 0 Å². The molecule has 2 rings (SSSR count). The highest BCUT2D eigenvalue weighted by Gasteiger charge is 2.03. The Kier molecular flexibility index (Phi) is 3.46. The van der Waals surface area contributed by atoms with Crippen LogP contribution in [0.3, 0.4) is 0 Å². The number of anilines is 1. The normalized spacial score (nSPS) is 10.7. The van der Waals surface area contributed by atoms with E-state index >= 15 is 0 Å². The van der Waals surface area contributed by atoms with Crippen molar-refractivity contribution in [2.75, 3.05) is 12.4 Å². The second-order valence-electron chi connectivity index (χ2n) is 4.49. The van der Waals surface area contributed by atoms with Gasteiger partial charge < -0.3 is 5.32 Å². The molecule has 0 radical (unpaired) electrons. The number of benzene rings is 1. The summed E-state index contributed by atoms with van der Waals surface area (Å²) < 4.78 is 1.39. The van der Waals surface area contributed by atoms with E-state index in [2.05, 4.69) is 24.3 Å². The molecule has 4 nitrogen and oxygen atoms in total. The van der Waals surface area contributed by atoms with Crippen molar-refractivity contribution < 1.29 is 0 Å². The zero-order valence-electron chi connectivity index (χ0n) is 10.8. The van der Waals surface area contributed by atoms with E-state index in [9.17, 15) is 4.79 Å². The molecule has 18 heavy (non-hydrogen) atoms. The van der Waals surface area contributed by atoms with Crippen LogP contribution < -0.4 is 10.9 Å². The van der Waals surface area contributed by atoms with Crippen molar-refractivity contribution in [1.29, 1.82) is 0 Å². The first-order valence-corrected chi connectivity index (χ1v) is 5.99. The summed E-state index contributed by atoms with van der Waals surface area (Å²) in [5.41, 5.74) is 2.61. The Morgan fingerprint density at radius 1 is 1.22 bits per heavy atom. The highest BCUT2D eigenvalue weighted by molar-refractivity contribution is 5.40. The second kappa shape index (κ2) is 5.04. The molecule has 1 aromatic carbocycles. The van der Waals surface area contributed by atoms with Crippen LogP contribution in [0, 0.1) is 0 Å². The van der Waals surface area contributed by atoms with Gasteiger partial charge in [-0.15, -0.1) is 0 Å². The minimum absolute atomic E-state index is 0.140. The van der Waals surface area contributed by atoms with Crippen molar-refractivity contribution in [1.82, 2.24) is 9.78 Å². The van der Waals surface area contributed by atoms with Crippen LogP contribution in [0.2, 0.25) is 0 Å². The monoisotopic (exact) mass is 243 g/mol. The van der Waals surface area contributed by atoms with Crippen molar-refractivity contribution in [3.05, 3.63) is 52.4 Å². The molecule has 0 fully saturated rings. The number of hydrogen-bond donors (Lipinski definition) is 1. The second-order valence-corrected chi connectivity index (χ2v) is 4.49. The van der Waals surface area contributed by atoms with Crippen molar-refractivity contribution in [3.8, 4) is 5.69 Å². The smallest absolute Gasteiger partial charge is 0.273 e. The van der Waals surface area contributed by atoms with E-state index < -0.39 is 0 Å². The first-order chi connectivity index (χ1) is 8.61. The van der Waals surface area contributed by atoms with Crippen LogP contribution in [0.15, 0.2) is 41.3 Å². The molecule has 0 spiro atoms. The fourth-order valence-corrected chi connectivity index (χ4v) is 1.74. The molecule has 0 saturated carbocycles. The molecule has 0 atom stereocenters. The Morgan fingerprint density at radius 2 is 1.89 bits per heavy atom. The third-order valence-electron chi connectivity index (χ3n) is 2.89. The summed E-state index contributed by atoms with van der Waals surface area (Å²) in [6.45, 7) is 4.28. The van der Waals surface area contributed by atoms with E-state index in [0.29, 0.717) is 5.92 Å². The maximum Gasteiger partial charge on any atom is 0.273 e. The fraction of sp³-hybridized carbons (Fsp3) is 0.286. The zero-order valence-corrected chi connectivity index (χ0v) is 10.8. The average Bonchev–Trinajstić information content (AvgIpc) is 2.38. The van der Waals surface area contributed by atoms with Gasteiger partial charge in [-0.25, -0.2) is 0 Å². The molecule has 94 valence electrons. The van der Waals surface area contributed by atoms with Gasteiger partial charge in [0.15, 0.2) is 0 Å². The molecule has 0 aliphatic rings. The SMILES string of the molecule is CNc1cnn(-c2ccc(C(C)C)cc2)c(=O)c1. The lowest BCUT2D eigenvalue weighted by molar-refractivity contribution is 0.804. The molecule has 2 aromatic rings. The third kappa shape index (κ3) is 2.42. The molecule has 0 amide bonds. The van der Waals surface area contributed by atoms with Crippen LogP contribution in [0.25, 0.3) is 5.69 Å². The standard InChI is InChI=1S/C14H17N3O/c1-10(2)11-4-6-13(7-5-11)17-14(18)8-12(15-3)9-16-17/h4-10,15H,1-3H3. The summed E-state index contributed by atoms with van der Waals surface area (Å²) in [6, 6.07) is 9.43. The molecule has 0 bridgehead atoms. The van der Waals surface area contributed by atoms with Crippen LogP contribution in [0.4, 0.5) is 5.69 Å². The minimum Gasteiger partial charge on any atom is -0.387 e. The van der Waals surface area contributed by atoms with Crippen molar-refractivity contribution in [2.24, 2.45) is 0 Å². The quantitative estimate of drug-likeness (QED) is 0.900. The molecule has 0 aliphatic carbocycles. The molecule has 1 heterocycles. The van der Waals surface area contributed by atoms with E-state index in [1.54, 1.807) is 13.2 Å². The van der Waals surface area contributed by atoms with Crippen LogP contribution in [0.5, 0.6) is 0 Å². The number of nitrogens with zero attached hydrogens (tertiary/aromatic N) is 2. The van der Waals surface area contributed by atoms with Crippen LogP contribution in [-0.2, 0) is 0 Å². The van der Waals surface area contributed by atoms with E-state index in [-0.39, 0.29) is 5.56 Å². The lowest BCUT2D eigenvalue weighted by atomic mass is 10.0. The Balaban J connectivity index is 2.40. The van der Waals surface area contributed by atoms with E-state index in [4.69, 9.17) is 0 Å². The Hall–Kier alpha value is -2.10. The van der Waals surface area contributed by atoms with Crippen molar-refractivity contribution in [3.63, 3.8) is 0 Å². The Morgan fingerprint density at radius 3 is 2.39 bits per heavy atom. The van der Waals surface area contributed by atoms with Crippen molar-refractivity contribution in [2.45, 2.75) is 19.8 Å². The zero-order chi connectivity index (χ0) is 13.1. The molecule has 4 heteroatoms. The van der Waals surface area contributed by atoms with Gasteiger partial charge in [0, 0.05) is 13.1 Å². The summed E-state index contributed by atoms with van der Waals surface area (Å²) in [5.74, 6) is 0.482. The Labute approximate surface area is 106 Å². The first kappa shape index (κ1) is 12.4. The maximum atomic E-state index is 11.9. The topological polar surface area (TPSA) is 46.9 Å². The molecule has 0 saturated heterocycles. The molecule has 0 aliphatic heterocycles. The largest absolute Gasteiger partial charge is 0.387 e. The molecular weight excluding hydrogens is 226 g/mol. The van der Waals surface area contributed by atoms with E-state index in [1.807, 2.05) is 24.3 Å². The average molecular weight is 243 g/mol. The molecular formula is C14H17N3O. The van der Waals surface area contributed by atoms with E-state index in [1.165, 1.54) is 16.3 Å². The highest BCUT2D eigenvalue weighted by Crippen LogP contribution is 2.15. The number of nitrogens with one attached hydrogen (secondary N) is 1. The van der Waals surface area contributed by atoms with Crippen LogP contribution in [-0.4, -0.2) is 16.8 Å². The van der Waals surface area contributed by atoms with Gasteiger partial charge in [0.1, 0.15) is 0 Å². The predicted molar refractivity (Wildman–Crippen MR) is 73.5 cm³/mol. The minimum atomic E-state index is -0.140. The number of aromatic nitrogens is 2.